The molecule has 1 aromatic carbocycles. The van der Waals surface area contributed by atoms with Gasteiger partial charge in [-0.15, -0.1) is 0 Å². The average molecular weight is 256 g/mol. The first kappa shape index (κ1) is 14.2. The van der Waals surface area contributed by atoms with Crippen molar-refractivity contribution < 1.29 is 8.42 Å². The average Bonchev–Trinajstić information content (AvgIpc) is 2.28. The lowest BCUT2D eigenvalue weighted by Gasteiger charge is -2.12. The van der Waals surface area contributed by atoms with Gasteiger partial charge in [-0.3, -0.25) is 0 Å². The zero-order valence-corrected chi connectivity index (χ0v) is 11.3. The lowest BCUT2D eigenvalue weighted by Crippen LogP contribution is -2.37. The molecule has 0 spiro atoms. The molecule has 1 rings (SSSR count). The van der Waals surface area contributed by atoms with Gasteiger partial charge in [0.1, 0.15) is 0 Å². The Morgan fingerprint density at radius 2 is 1.71 bits per heavy atom. The van der Waals surface area contributed by atoms with Gasteiger partial charge >= 0.3 is 0 Å². The molecule has 0 heterocycles. The SMILES string of the molecule is CC(C)c1ccc(S(=O)(=O)N[C@H](C)CN)cc1. The van der Waals surface area contributed by atoms with Crippen LogP contribution in [0.15, 0.2) is 29.2 Å². The quantitative estimate of drug-likeness (QED) is 0.837. The van der Waals surface area contributed by atoms with Gasteiger partial charge in [-0.25, -0.2) is 13.1 Å². The van der Waals surface area contributed by atoms with Crippen LogP contribution in [0, 0.1) is 0 Å². The third-order valence-corrected chi connectivity index (χ3v) is 4.17. The maximum absolute atomic E-state index is 11.9. The van der Waals surface area contributed by atoms with Gasteiger partial charge in [-0.1, -0.05) is 26.0 Å². The number of hydrogen-bond acceptors (Lipinski definition) is 3. The first-order valence-corrected chi connectivity index (χ1v) is 7.17. The van der Waals surface area contributed by atoms with Gasteiger partial charge < -0.3 is 5.73 Å². The summed E-state index contributed by atoms with van der Waals surface area (Å²) in [6.45, 7) is 6.15. The van der Waals surface area contributed by atoms with Crippen molar-refractivity contribution in [3.63, 3.8) is 0 Å². The fourth-order valence-corrected chi connectivity index (χ4v) is 2.67. The Hall–Kier alpha value is -0.910. The molecule has 0 aromatic heterocycles. The Balaban J connectivity index is 2.92. The van der Waals surface area contributed by atoms with Crippen molar-refractivity contribution in [1.29, 1.82) is 0 Å². The van der Waals surface area contributed by atoms with Crippen LogP contribution in [0.1, 0.15) is 32.3 Å². The van der Waals surface area contributed by atoms with E-state index in [2.05, 4.69) is 18.6 Å². The predicted molar refractivity (Wildman–Crippen MR) is 69.4 cm³/mol. The molecule has 96 valence electrons. The van der Waals surface area contributed by atoms with Crippen LogP contribution in [-0.4, -0.2) is 21.0 Å². The normalized spacial score (nSPS) is 13.9. The van der Waals surface area contributed by atoms with Gasteiger partial charge in [0.15, 0.2) is 0 Å². The van der Waals surface area contributed by atoms with Crippen LogP contribution in [0.5, 0.6) is 0 Å². The van der Waals surface area contributed by atoms with E-state index in [-0.39, 0.29) is 17.5 Å². The van der Waals surface area contributed by atoms with Crippen molar-refractivity contribution in [2.45, 2.75) is 37.6 Å². The predicted octanol–water partition coefficient (Wildman–Crippen LogP) is 1.44. The highest BCUT2D eigenvalue weighted by atomic mass is 32.2. The van der Waals surface area contributed by atoms with E-state index in [0.717, 1.165) is 5.56 Å². The number of nitrogens with one attached hydrogen (secondary N) is 1. The second-order valence-corrected chi connectivity index (χ2v) is 6.20. The van der Waals surface area contributed by atoms with Crippen LogP contribution in [0.25, 0.3) is 0 Å². The highest BCUT2D eigenvalue weighted by Crippen LogP contribution is 2.17. The molecule has 4 nitrogen and oxygen atoms in total. The number of benzene rings is 1. The molecule has 0 amide bonds. The van der Waals surface area contributed by atoms with E-state index in [1.807, 2.05) is 12.1 Å². The molecule has 0 aliphatic heterocycles. The molecule has 3 N–H and O–H groups in total. The number of rotatable bonds is 5. The zero-order chi connectivity index (χ0) is 13.1. The summed E-state index contributed by atoms with van der Waals surface area (Å²) in [6, 6.07) is 6.67. The van der Waals surface area contributed by atoms with E-state index in [4.69, 9.17) is 5.73 Å². The van der Waals surface area contributed by atoms with Crippen LogP contribution in [-0.2, 0) is 10.0 Å². The van der Waals surface area contributed by atoms with Crippen molar-refractivity contribution in [2.24, 2.45) is 5.73 Å². The molecule has 5 heteroatoms. The summed E-state index contributed by atoms with van der Waals surface area (Å²) in [5.74, 6) is 0.391. The van der Waals surface area contributed by atoms with E-state index in [1.54, 1.807) is 19.1 Å². The Morgan fingerprint density at radius 3 is 2.12 bits per heavy atom. The molecule has 17 heavy (non-hydrogen) atoms. The second kappa shape index (κ2) is 5.62. The van der Waals surface area contributed by atoms with Crippen molar-refractivity contribution in [3.05, 3.63) is 29.8 Å². The minimum absolute atomic E-state index is 0.259. The lowest BCUT2D eigenvalue weighted by molar-refractivity contribution is 0.562. The maximum Gasteiger partial charge on any atom is 0.240 e. The monoisotopic (exact) mass is 256 g/mol. The Kier molecular flexibility index (Phi) is 4.68. The summed E-state index contributed by atoms with van der Waals surface area (Å²) in [5.41, 5.74) is 6.52. The van der Waals surface area contributed by atoms with Gasteiger partial charge in [0, 0.05) is 12.6 Å². The summed E-state index contributed by atoms with van der Waals surface area (Å²) < 4.78 is 26.4. The van der Waals surface area contributed by atoms with E-state index in [1.165, 1.54) is 0 Å². The minimum atomic E-state index is -3.44. The molecule has 0 saturated carbocycles. The second-order valence-electron chi connectivity index (χ2n) is 4.48. The van der Waals surface area contributed by atoms with Crippen LogP contribution >= 0.6 is 0 Å². The standard InChI is InChI=1S/C12H20N2O2S/c1-9(2)11-4-6-12(7-5-11)17(15,16)14-10(3)8-13/h4-7,9-10,14H,8,13H2,1-3H3/t10-/m1/s1. The topological polar surface area (TPSA) is 72.2 Å². The van der Waals surface area contributed by atoms with E-state index in [0.29, 0.717) is 5.92 Å². The molecule has 0 bridgehead atoms. The van der Waals surface area contributed by atoms with Gasteiger partial charge in [0.25, 0.3) is 0 Å². The van der Waals surface area contributed by atoms with E-state index < -0.39 is 10.0 Å². The summed E-state index contributed by atoms with van der Waals surface area (Å²) in [6.07, 6.45) is 0. The van der Waals surface area contributed by atoms with Crippen LogP contribution in [0.2, 0.25) is 0 Å². The number of hydrogen-bond donors (Lipinski definition) is 2. The molecular formula is C12H20N2O2S. The largest absolute Gasteiger partial charge is 0.329 e. The highest BCUT2D eigenvalue weighted by Gasteiger charge is 2.16. The van der Waals surface area contributed by atoms with Crippen LogP contribution < -0.4 is 10.5 Å². The van der Waals surface area contributed by atoms with E-state index in [9.17, 15) is 8.42 Å². The van der Waals surface area contributed by atoms with Crippen molar-refractivity contribution in [1.82, 2.24) is 4.72 Å². The molecule has 0 unspecified atom stereocenters. The Labute approximate surface area is 103 Å². The summed E-state index contributed by atoms with van der Waals surface area (Å²) >= 11 is 0. The van der Waals surface area contributed by atoms with Gasteiger partial charge in [-0.2, -0.15) is 0 Å². The van der Waals surface area contributed by atoms with Crippen molar-refractivity contribution >= 4 is 10.0 Å². The summed E-state index contributed by atoms with van der Waals surface area (Å²) in [4.78, 5) is 0.280. The Bertz CT molecular complexity index is 452. The first-order valence-electron chi connectivity index (χ1n) is 5.69. The minimum Gasteiger partial charge on any atom is -0.329 e. The fraction of sp³-hybridized carbons (Fsp3) is 0.500. The van der Waals surface area contributed by atoms with Gasteiger partial charge in [-0.05, 0) is 30.5 Å². The number of sulfonamides is 1. The van der Waals surface area contributed by atoms with E-state index >= 15 is 0 Å². The van der Waals surface area contributed by atoms with Crippen LogP contribution in [0.4, 0.5) is 0 Å². The first-order chi connectivity index (χ1) is 7.86. The summed E-state index contributed by atoms with van der Waals surface area (Å²) in [7, 11) is -3.44. The lowest BCUT2D eigenvalue weighted by atomic mass is 10.0. The molecular weight excluding hydrogens is 236 g/mol. The summed E-state index contributed by atoms with van der Waals surface area (Å²) in [5, 5.41) is 0. The highest BCUT2D eigenvalue weighted by molar-refractivity contribution is 7.89. The molecule has 0 aliphatic rings. The smallest absolute Gasteiger partial charge is 0.240 e. The Morgan fingerprint density at radius 1 is 1.18 bits per heavy atom. The third-order valence-electron chi connectivity index (χ3n) is 2.57. The molecule has 0 aliphatic carbocycles. The maximum atomic E-state index is 11.9. The van der Waals surface area contributed by atoms with Gasteiger partial charge in [0.2, 0.25) is 10.0 Å². The van der Waals surface area contributed by atoms with Crippen LogP contribution in [0.3, 0.4) is 0 Å². The van der Waals surface area contributed by atoms with Gasteiger partial charge in [0.05, 0.1) is 4.90 Å². The molecule has 0 saturated heterocycles. The number of nitrogens with two attached hydrogens (primary N) is 1. The molecule has 1 atom stereocenters. The molecule has 0 radical (unpaired) electrons. The third kappa shape index (κ3) is 3.80. The fourth-order valence-electron chi connectivity index (χ4n) is 1.41. The van der Waals surface area contributed by atoms with Crippen molar-refractivity contribution in [2.75, 3.05) is 6.54 Å². The zero-order valence-electron chi connectivity index (χ0n) is 10.5. The van der Waals surface area contributed by atoms with Crippen molar-refractivity contribution in [3.8, 4) is 0 Å². The molecule has 1 aromatic rings. The molecule has 0 fully saturated rings.